The Balaban J connectivity index is 1.38. The highest BCUT2D eigenvalue weighted by atomic mass is 19.4. The molecule has 9 nitrogen and oxygen atoms in total. The molecule has 4 aromatic rings. The largest absolute Gasteiger partial charge is 0.416 e. The van der Waals surface area contributed by atoms with Crippen LogP contribution in [-0.2, 0) is 6.18 Å². The lowest BCUT2D eigenvalue weighted by molar-refractivity contribution is -0.137. The van der Waals surface area contributed by atoms with Gasteiger partial charge in [-0.05, 0) is 48.6 Å². The summed E-state index contributed by atoms with van der Waals surface area (Å²) in [5.41, 5.74) is 8.28. The minimum Gasteiger partial charge on any atom is -0.388 e. The molecule has 1 aliphatic rings. The lowest BCUT2D eigenvalue weighted by atomic mass is 9.97. The van der Waals surface area contributed by atoms with Crippen LogP contribution in [0.15, 0.2) is 55.1 Å². The van der Waals surface area contributed by atoms with Gasteiger partial charge in [0.15, 0.2) is 5.82 Å². The normalized spacial score (nSPS) is 14.6. The molecule has 5 rings (SSSR count). The first kappa shape index (κ1) is 22.6. The smallest absolute Gasteiger partial charge is 0.388 e. The second kappa shape index (κ2) is 8.55. The first-order valence-corrected chi connectivity index (χ1v) is 10.7. The summed E-state index contributed by atoms with van der Waals surface area (Å²) < 4.78 is 40.2. The number of alkyl halides is 3. The van der Waals surface area contributed by atoms with Crippen molar-refractivity contribution in [2.45, 2.75) is 25.1 Å². The Morgan fingerprint density at radius 3 is 2.57 bits per heavy atom. The van der Waals surface area contributed by atoms with E-state index in [4.69, 9.17) is 5.73 Å². The van der Waals surface area contributed by atoms with Gasteiger partial charge in [0.2, 0.25) is 0 Å². The number of aliphatic hydroxyl groups is 1. The summed E-state index contributed by atoms with van der Waals surface area (Å²) in [5.74, 6) is 0.206. The number of rotatable bonds is 5. The molecule has 0 saturated heterocycles. The van der Waals surface area contributed by atoms with Crippen molar-refractivity contribution in [3.8, 4) is 11.1 Å². The number of halogens is 3. The molecule has 1 aliphatic carbocycles. The number of aromatic nitrogens is 4. The van der Waals surface area contributed by atoms with Crippen LogP contribution in [0.3, 0.4) is 0 Å². The van der Waals surface area contributed by atoms with Crippen molar-refractivity contribution in [1.29, 1.82) is 0 Å². The number of fused-ring (bicyclic) bond motifs is 1. The average Bonchev–Trinajstić information content (AvgIpc) is 3.59. The molecule has 1 saturated carbocycles. The number of anilines is 3. The monoisotopic (exact) mass is 483 g/mol. The number of nitrogens with zero attached hydrogens (tertiary/aromatic N) is 4. The SMILES string of the molecule is Nc1ncnn2cc(C(O)C3CC3)c(-c3ccc(NC(=O)Nc4cc(C(F)(F)F)ccn4)cc3)c12. The Morgan fingerprint density at radius 2 is 1.89 bits per heavy atom. The van der Waals surface area contributed by atoms with Gasteiger partial charge in [0.1, 0.15) is 17.7 Å². The number of benzene rings is 1. The van der Waals surface area contributed by atoms with Crippen molar-refractivity contribution in [3.05, 3.63) is 66.2 Å². The van der Waals surface area contributed by atoms with Gasteiger partial charge in [0.05, 0.1) is 11.7 Å². The Bertz CT molecular complexity index is 1400. The summed E-state index contributed by atoms with van der Waals surface area (Å²) in [6, 6.07) is 7.56. The van der Waals surface area contributed by atoms with Crippen LogP contribution >= 0.6 is 0 Å². The van der Waals surface area contributed by atoms with Crippen LogP contribution in [0.25, 0.3) is 16.6 Å². The van der Waals surface area contributed by atoms with Gasteiger partial charge in [0.25, 0.3) is 0 Å². The summed E-state index contributed by atoms with van der Waals surface area (Å²) in [6.45, 7) is 0. The molecule has 180 valence electrons. The van der Waals surface area contributed by atoms with E-state index >= 15 is 0 Å². The fourth-order valence-corrected chi connectivity index (χ4v) is 3.92. The molecule has 3 aromatic heterocycles. The van der Waals surface area contributed by atoms with Gasteiger partial charge in [-0.15, -0.1) is 0 Å². The fourth-order valence-electron chi connectivity index (χ4n) is 3.92. The molecule has 1 aromatic carbocycles. The maximum atomic E-state index is 12.9. The van der Waals surface area contributed by atoms with Gasteiger partial charge in [-0.1, -0.05) is 12.1 Å². The van der Waals surface area contributed by atoms with E-state index in [1.54, 1.807) is 35.0 Å². The summed E-state index contributed by atoms with van der Waals surface area (Å²) in [5, 5.41) is 19.9. The summed E-state index contributed by atoms with van der Waals surface area (Å²) in [6.07, 6.45) is 0.708. The molecular weight excluding hydrogens is 463 g/mol. The lowest BCUT2D eigenvalue weighted by Crippen LogP contribution is -2.20. The topological polar surface area (TPSA) is 130 Å². The summed E-state index contributed by atoms with van der Waals surface area (Å²) in [4.78, 5) is 20.1. The minimum absolute atomic E-state index is 0.175. The first-order valence-electron chi connectivity index (χ1n) is 10.7. The van der Waals surface area contributed by atoms with E-state index in [0.717, 1.165) is 36.7 Å². The predicted molar refractivity (Wildman–Crippen MR) is 122 cm³/mol. The minimum atomic E-state index is -4.55. The zero-order valence-electron chi connectivity index (χ0n) is 18.1. The Morgan fingerprint density at radius 1 is 1.14 bits per heavy atom. The Hall–Kier alpha value is -4.19. The molecule has 0 bridgehead atoms. The standard InChI is InChI=1S/C23H20F3N7O2/c24-23(25,26)14-7-8-28-17(9-14)32-22(35)31-15-5-3-12(4-6-15)18-16(20(34)13-1-2-13)10-33-19(18)21(27)29-11-30-33/h3-11,13,20,34H,1-2H2,(H2,27,29,30)(H2,28,31,32,35). The zero-order chi connectivity index (χ0) is 24.7. The van der Waals surface area contributed by atoms with Crippen molar-refractivity contribution in [3.63, 3.8) is 0 Å². The molecule has 35 heavy (non-hydrogen) atoms. The molecule has 2 amide bonds. The number of nitrogen functional groups attached to an aromatic ring is 1. The first-order chi connectivity index (χ1) is 16.7. The molecule has 1 fully saturated rings. The van der Waals surface area contributed by atoms with Gasteiger partial charge in [-0.2, -0.15) is 18.3 Å². The van der Waals surface area contributed by atoms with Crippen LogP contribution < -0.4 is 16.4 Å². The van der Waals surface area contributed by atoms with E-state index in [-0.39, 0.29) is 17.6 Å². The predicted octanol–water partition coefficient (Wildman–Crippen LogP) is 4.48. The number of carbonyl (C=O) groups is 1. The van der Waals surface area contributed by atoms with E-state index in [2.05, 4.69) is 25.7 Å². The highest BCUT2D eigenvalue weighted by Crippen LogP contribution is 2.45. The van der Waals surface area contributed by atoms with Gasteiger partial charge in [-0.25, -0.2) is 19.3 Å². The molecule has 0 radical (unpaired) electrons. The van der Waals surface area contributed by atoms with Crippen LogP contribution in [0, 0.1) is 5.92 Å². The molecule has 1 atom stereocenters. The molecule has 0 spiro atoms. The summed E-state index contributed by atoms with van der Waals surface area (Å²) in [7, 11) is 0. The molecule has 5 N–H and O–H groups in total. The van der Waals surface area contributed by atoms with E-state index in [1.165, 1.54) is 6.33 Å². The highest BCUT2D eigenvalue weighted by molar-refractivity contribution is 5.99. The van der Waals surface area contributed by atoms with Crippen molar-refractivity contribution >= 4 is 28.9 Å². The van der Waals surface area contributed by atoms with Crippen molar-refractivity contribution in [2.75, 3.05) is 16.4 Å². The third-order valence-corrected chi connectivity index (χ3v) is 5.78. The molecule has 0 aliphatic heterocycles. The third kappa shape index (κ3) is 4.60. The van der Waals surface area contributed by atoms with Gasteiger partial charge >= 0.3 is 12.2 Å². The quantitative estimate of drug-likeness (QED) is 0.331. The summed E-state index contributed by atoms with van der Waals surface area (Å²) >= 11 is 0. The number of nitrogens with one attached hydrogen (secondary N) is 2. The number of pyridine rings is 1. The number of hydrogen-bond donors (Lipinski definition) is 4. The van der Waals surface area contributed by atoms with Crippen molar-refractivity contribution < 1.29 is 23.1 Å². The molecule has 12 heteroatoms. The second-order valence-electron chi connectivity index (χ2n) is 8.26. The molecule has 3 heterocycles. The van der Waals surface area contributed by atoms with Gasteiger partial charge in [0, 0.05) is 29.2 Å². The van der Waals surface area contributed by atoms with Gasteiger partial charge < -0.3 is 16.2 Å². The van der Waals surface area contributed by atoms with Crippen LogP contribution in [0.4, 0.5) is 35.3 Å². The van der Waals surface area contributed by atoms with E-state index in [9.17, 15) is 23.1 Å². The number of carbonyl (C=O) groups excluding carboxylic acids is 1. The second-order valence-corrected chi connectivity index (χ2v) is 8.26. The number of urea groups is 1. The number of aliphatic hydroxyl groups excluding tert-OH is 1. The van der Waals surface area contributed by atoms with Gasteiger partial charge in [-0.3, -0.25) is 5.32 Å². The van der Waals surface area contributed by atoms with Crippen LogP contribution in [-0.4, -0.2) is 30.7 Å². The van der Waals surface area contributed by atoms with Crippen LogP contribution in [0.1, 0.15) is 30.1 Å². The maximum Gasteiger partial charge on any atom is 0.416 e. The van der Waals surface area contributed by atoms with E-state index in [1.807, 2.05) is 0 Å². The highest BCUT2D eigenvalue weighted by Gasteiger charge is 2.34. The van der Waals surface area contributed by atoms with Crippen molar-refractivity contribution in [2.24, 2.45) is 5.92 Å². The fraction of sp³-hybridized carbons (Fsp3) is 0.217. The number of amides is 2. The third-order valence-electron chi connectivity index (χ3n) is 5.78. The van der Waals surface area contributed by atoms with E-state index in [0.29, 0.717) is 22.3 Å². The maximum absolute atomic E-state index is 12.9. The molecule has 1 unspecified atom stereocenters. The Labute approximate surface area is 196 Å². The number of nitrogens with two attached hydrogens (primary N) is 1. The van der Waals surface area contributed by atoms with E-state index < -0.39 is 23.9 Å². The average molecular weight is 483 g/mol. The lowest BCUT2D eigenvalue weighted by Gasteiger charge is -2.13. The molecular formula is C23H20F3N7O2. The van der Waals surface area contributed by atoms with Crippen molar-refractivity contribution in [1.82, 2.24) is 19.6 Å². The Kier molecular flexibility index (Phi) is 5.52. The zero-order valence-corrected chi connectivity index (χ0v) is 18.1. The van der Waals surface area contributed by atoms with Crippen LogP contribution in [0.2, 0.25) is 0 Å². The van der Waals surface area contributed by atoms with Crippen LogP contribution in [0.5, 0.6) is 0 Å². The number of hydrogen-bond acceptors (Lipinski definition) is 6.